The first-order valence-electron chi connectivity index (χ1n) is 15.0. The van der Waals surface area contributed by atoms with Gasteiger partial charge in [0.15, 0.2) is 5.16 Å². The molecule has 1 amide bonds. The van der Waals surface area contributed by atoms with Gasteiger partial charge in [0.25, 0.3) is 5.56 Å². The summed E-state index contributed by atoms with van der Waals surface area (Å²) in [4.78, 5) is 43.8. The maximum atomic E-state index is 13.5. The minimum atomic E-state index is -0.452. The molecule has 0 atom stereocenters. The molecule has 240 valence electrons. The van der Waals surface area contributed by atoms with Crippen molar-refractivity contribution in [3.8, 4) is 22.3 Å². The van der Waals surface area contributed by atoms with Gasteiger partial charge >= 0.3 is 0 Å². The zero-order valence-corrected chi connectivity index (χ0v) is 27.3. The van der Waals surface area contributed by atoms with Gasteiger partial charge < -0.3 is 19.1 Å². The summed E-state index contributed by atoms with van der Waals surface area (Å²) in [5.41, 5.74) is 4.28. The molecule has 12 heteroatoms. The van der Waals surface area contributed by atoms with Crippen molar-refractivity contribution >= 4 is 35.2 Å². The Balaban J connectivity index is 1.21. The lowest BCUT2D eigenvalue weighted by Crippen LogP contribution is -2.37. The van der Waals surface area contributed by atoms with Crippen molar-refractivity contribution in [3.05, 3.63) is 124 Å². The number of hydrogen-bond donors (Lipinski definition) is 0. The Labute approximate surface area is 281 Å². The molecule has 3 aromatic carbocycles. The SMILES string of the molecule is CN(Cc1ccc(-c2ccc(Cl)cc2)cc1)C(=O)Cn1cc(-c2cnc(N3CCOCC3)nc2)c(=O)nc1SCc1ccc(F)cc1. The number of benzene rings is 3. The van der Waals surface area contributed by atoms with Crippen molar-refractivity contribution < 1.29 is 13.9 Å². The Morgan fingerprint density at radius 2 is 1.53 bits per heavy atom. The summed E-state index contributed by atoms with van der Waals surface area (Å²) in [7, 11) is 1.75. The van der Waals surface area contributed by atoms with E-state index in [0.29, 0.717) is 60.3 Å². The fourth-order valence-electron chi connectivity index (χ4n) is 5.09. The highest BCUT2D eigenvalue weighted by Gasteiger charge is 2.18. The number of thioether (sulfide) groups is 1. The standard InChI is InChI=1S/C35H32ClFN6O3S/c1-41(20-24-2-6-26(7-3-24)27-8-10-29(36)11-9-27)32(44)22-43-21-31(28-18-38-34(39-19-28)42-14-16-46-17-15-42)33(45)40-35(43)47-23-25-4-12-30(37)13-5-25/h2-13,18-19,21H,14-17,20,22-23H2,1H3. The third-order valence-electron chi connectivity index (χ3n) is 7.77. The maximum Gasteiger partial charge on any atom is 0.281 e. The molecule has 47 heavy (non-hydrogen) atoms. The quantitative estimate of drug-likeness (QED) is 0.133. The molecule has 0 aliphatic carbocycles. The number of carbonyl (C=O) groups excluding carboxylic acids is 1. The summed E-state index contributed by atoms with van der Waals surface area (Å²) >= 11 is 7.33. The number of halogens is 2. The molecule has 0 bridgehead atoms. The van der Waals surface area contributed by atoms with Gasteiger partial charge in [0, 0.05) is 61.6 Å². The summed E-state index contributed by atoms with van der Waals surface area (Å²) in [6.07, 6.45) is 4.85. The molecule has 0 unspecified atom stereocenters. The van der Waals surface area contributed by atoms with Gasteiger partial charge in [0.1, 0.15) is 12.4 Å². The first kappa shape index (κ1) is 32.4. The summed E-state index contributed by atoms with van der Waals surface area (Å²) < 4.78 is 20.6. The zero-order chi connectivity index (χ0) is 32.8. The van der Waals surface area contributed by atoms with E-state index in [0.717, 1.165) is 22.3 Å². The van der Waals surface area contributed by atoms with Crippen molar-refractivity contribution in [2.75, 3.05) is 38.3 Å². The van der Waals surface area contributed by atoms with Crippen LogP contribution in [0.4, 0.5) is 10.3 Å². The highest BCUT2D eigenvalue weighted by atomic mass is 35.5. The van der Waals surface area contributed by atoms with E-state index in [9.17, 15) is 14.0 Å². The molecule has 0 spiro atoms. The number of hydrogen-bond acceptors (Lipinski definition) is 8. The monoisotopic (exact) mass is 670 g/mol. The minimum Gasteiger partial charge on any atom is -0.378 e. The third-order valence-corrected chi connectivity index (χ3v) is 9.08. The highest BCUT2D eigenvalue weighted by molar-refractivity contribution is 7.98. The minimum absolute atomic E-state index is 0.0435. The van der Waals surface area contributed by atoms with Crippen LogP contribution in [0.25, 0.3) is 22.3 Å². The van der Waals surface area contributed by atoms with Crippen LogP contribution < -0.4 is 10.5 Å². The van der Waals surface area contributed by atoms with Crippen LogP contribution in [0.2, 0.25) is 5.02 Å². The second-order valence-electron chi connectivity index (χ2n) is 11.1. The number of nitrogens with zero attached hydrogens (tertiary/aromatic N) is 6. The van der Waals surface area contributed by atoms with E-state index in [2.05, 4.69) is 15.0 Å². The van der Waals surface area contributed by atoms with E-state index < -0.39 is 5.56 Å². The van der Waals surface area contributed by atoms with Crippen LogP contribution in [0.1, 0.15) is 11.1 Å². The Hall–Kier alpha value is -4.58. The smallest absolute Gasteiger partial charge is 0.281 e. The topological polar surface area (TPSA) is 93.5 Å². The fourth-order valence-corrected chi connectivity index (χ4v) is 6.14. The molecule has 5 aromatic rings. The molecular weight excluding hydrogens is 639 g/mol. The van der Waals surface area contributed by atoms with E-state index in [-0.39, 0.29) is 23.8 Å². The molecule has 3 heterocycles. The number of anilines is 1. The number of carbonyl (C=O) groups is 1. The van der Waals surface area contributed by atoms with E-state index >= 15 is 0 Å². The van der Waals surface area contributed by atoms with Crippen LogP contribution in [-0.2, 0) is 28.4 Å². The van der Waals surface area contributed by atoms with Crippen LogP contribution in [0, 0.1) is 5.82 Å². The molecule has 1 fully saturated rings. The molecule has 2 aromatic heterocycles. The number of likely N-dealkylation sites (N-methyl/N-ethyl adjacent to an activating group) is 1. The van der Waals surface area contributed by atoms with Crippen LogP contribution in [0.15, 0.2) is 101 Å². The normalized spacial score (nSPS) is 13.0. The number of amides is 1. The van der Waals surface area contributed by atoms with E-state index in [4.69, 9.17) is 16.3 Å². The molecule has 1 saturated heterocycles. The molecular formula is C35H32ClFN6O3S. The largest absolute Gasteiger partial charge is 0.378 e. The van der Waals surface area contributed by atoms with Crippen LogP contribution in [0.3, 0.4) is 0 Å². The van der Waals surface area contributed by atoms with Gasteiger partial charge in [-0.2, -0.15) is 4.98 Å². The van der Waals surface area contributed by atoms with E-state index in [1.165, 1.54) is 23.9 Å². The van der Waals surface area contributed by atoms with E-state index in [1.54, 1.807) is 47.2 Å². The average molecular weight is 671 g/mol. The Morgan fingerprint density at radius 1 is 0.915 bits per heavy atom. The molecule has 1 aliphatic heterocycles. The second kappa shape index (κ2) is 14.9. The van der Waals surface area contributed by atoms with Crippen molar-refractivity contribution in [2.45, 2.75) is 24.0 Å². The number of ether oxygens (including phenoxy) is 1. The van der Waals surface area contributed by atoms with Crippen molar-refractivity contribution in [1.29, 1.82) is 0 Å². The first-order valence-corrected chi connectivity index (χ1v) is 16.4. The molecule has 0 saturated carbocycles. The molecule has 6 rings (SSSR count). The number of rotatable bonds is 10. The summed E-state index contributed by atoms with van der Waals surface area (Å²) in [6.45, 7) is 2.95. The van der Waals surface area contributed by atoms with Gasteiger partial charge in [-0.1, -0.05) is 71.9 Å². The van der Waals surface area contributed by atoms with Crippen molar-refractivity contribution in [2.24, 2.45) is 0 Å². The lowest BCUT2D eigenvalue weighted by molar-refractivity contribution is -0.131. The van der Waals surface area contributed by atoms with Gasteiger partial charge in [-0.15, -0.1) is 0 Å². The Kier molecular flexibility index (Phi) is 10.3. The molecule has 9 nitrogen and oxygen atoms in total. The summed E-state index contributed by atoms with van der Waals surface area (Å²) in [6, 6.07) is 21.8. The number of morpholine rings is 1. The van der Waals surface area contributed by atoms with Gasteiger partial charge in [-0.3, -0.25) is 9.59 Å². The van der Waals surface area contributed by atoms with Crippen LogP contribution in [-0.4, -0.2) is 63.7 Å². The molecule has 0 radical (unpaired) electrons. The third kappa shape index (κ3) is 8.23. The number of aromatic nitrogens is 4. The Bertz CT molecular complexity index is 1880. The predicted octanol–water partition coefficient (Wildman–Crippen LogP) is 5.95. The first-order chi connectivity index (χ1) is 22.8. The fraction of sp³-hybridized carbons (Fsp3) is 0.229. The van der Waals surface area contributed by atoms with Gasteiger partial charge in [-0.05, 0) is 46.5 Å². The lowest BCUT2D eigenvalue weighted by atomic mass is 10.0. The summed E-state index contributed by atoms with van der Waals surface area (Å²) in [5, 5.41) is 1.06. The second-order valence-corrected chi connectivity index (χ2v) is 12.5. The molecule has 0 N–H and O–H groups in total. The van der Waals surface area contributed by atoms with E-state index in [1.807, 2.05) is 53.4 Å². The average Bonchev–Trinajstić information content (AvgIpc) is 3.10. The highest BCUT2D eigenvalue weighted by Crippen LogP contribution is 2.25. The van der Waals surface area contributed by atoms with Gasteiger partial charge in [0.2, 0.25) is 11.9 Å². The maximum absolute atomic E-state index is 13.5. The van der Waals surface area contributed by atoms with Gasteiger partial charge in [0.05, 0.1) is 18.8 Å². The summed E-state index contributed by atoms with van der Waals surface area (Å²) in [5.74, 6) is 0.515. The van der Waals surface area contributed by atoms with Gasteiger partial charge in [-0.25, -0.2) is 14.4 Å². The van der Waals surface area contributed by atoms with Crippen molar-refractivity contribution in [1.82, 2.24) is 24.4 Å². The van der Waals surface area contributed by atoms with Crippen LogP contribution in [0.5, 0.6) is 0 Å². The van der Waals surface area contributed by atoms with Crippen LogP contribution >= 0.6 is 23.4 Å². The lowest BCUT2D eigenvalue weighted by Gasteiger charge is -2.26. The van der Waals surface area contributed by atoms with Crippen molar-refractivity contribution in [3.63, 3.8) is 0 Å². The predicted molar refractivity (Wildman–Crippen MR) is 182 cm³/mol. The zero-order valence-electron chi connectivity index (χ0n) is 25.7. The Morgan fingerprint density at radius 3 is 2.19 bits per heavy atom. The molecule has 1 aliphatic rings.